The van der Waals surface area contributed by atoms with Crippen LogP contribution in [-0.2, 0) is 11.3 Å². The van der Waals surface area contributed by atoms with Crippen molar-refractivity contribution in [3.8, 4) is 11.4 Å². The number of hydrogen-bond donors (Lipinski definition) is 1. The van der Waals surface area contributed by atoms with E-state index in [0.29, 0.717) is 23.3 Å². The average Bonchev–Trinajstić information content (AvgIpc) is 3.06. The first kappa shape index (κ1) is 18.3. The van der Waals surface area contributed by atoms with Gasteiger partial charge in [-0.2, -0.15) is 0 Å². The Morgan fingerprint density at radius 1 is 1.31 bits per heavy atom. The zero-order chi connectivity index (χ0) is 18.4. The molecule has 3 aromatic heterocycles. The molecule has 3 aromatic rings. The van der Waals surface area contributed by atoms with E-state index >= 15 is 0 Å². The van der Waals surface area contributed by atoms with Gasteiger partial charge in [-0.25, -0.2) is 4.98 Å². The molecule has 0 aromatic carbocycles. The molecule has 0 bridgehead atoms. The van der Waals surface area contributed by atoms with Gasteiger partial charge in [0.05, 0.1) is 5.75 Å². The summed E-state index contributed by atoms with van der Waals surface area (Å²) < 4.78 is 2.75. The van der Waals surface area contributed by atoms with Crippen LogP contribution in [0.3, 0.4) is 0 Å². The summed E-state index contributed by atoms with van der Waals surface area (Å²) in [5.74, 6) is 1.22. The number of rotatable bonds is 7. The van der Waals surface area contributed by atoms with E-state index in [-0.39, 0.29) is 11.7 Å². The van der Waals surface area contributed by atoms with Crippen molar-refractivity contribution < 1.29 is 4.79 Å². The minimum Gasteiger partial charge on any atom is -0.310 e. The molecule has 0 saturated heterocycles. The summed E-state index contributed by atoms with van der Waals surface area (Å²) in [6.45, 7) is 4.31. The SMILES string of the molecule is C=CCn1c(SCC(=O)Nc2ccc(Br)cn2)nnc1-c1cccnc1. The largest absolute Gasteiger partial charge is 0.310 e. The van der Waals surface area contributed by atoms with Gasteiger partial charge in [-0.05, 0) is 40.2 Å². The predicted octanol–water partition coefficient (Wildman–Crippen LogP) is 3.41. The lowest BCUT2D eigenvalue weighted by molar-refractivity contribution is -0.113. The Bertz CT molecular complexity index is 897. The van der Waals surface area contributed by atoms with Crippen LogP contribution in [0.15, 0.2) is 65.1 Å². The third kappa shape index (κ3) is 4.55. The van der Waals surface area contributed by atoms with Crippen molar-refractivity contribution in [1.29, 1.82) is 0 Å². The maximum absolute atomic E-state index is 12.1. The topological polar surface area (TPSA) is 85.6 Å². The summed E-state index contributed by atoms with van der Waals surface area (Å²) in [5, 5.41) is 11.8. The van der Waals surface area contributed by atoms with Gasteiger partial charge in [0, 0.05) is 35.2 Å². The van der Waals surface area contributed by atoms with Gasteiger partial charge in [-0.15, -0.1) is 16.8 Å². The minimum atomic E-state index is -0.166. The van der Waals surface area contributed by atoms with Gasteiger partial charge in [-0.3, -0.25) is 14.3 Å². The fourth-order valence-electron chi connectivity index (χ4n) is 2.16. The zero-order valence-corrected chi connectivity index (χ0v) is 16.1. The smallest absolute Gasteiger partial charge is 0.236 e. The molecule has 0 aliphatic rings. The number of carbonyl (C=O) groups is 1. The van der Waals surface area contributed by atoms with E-state index < -0.39 is 0 Å². The van der Waals surface area contributed by atoms with Crippen molar-refractivity contribution in [3.05, 3.63) is 60.0 Å². The van der Waals surface area contributed by atoms with E-state index in [9.17, 15) is 4.79 Å². The van der Waals surface area contributed by atoms with E-state index in [0.717, 1.165) is 10.0 Å². The Kier molecular flexibility index (Phi) is 6.13. The first-order valence-electron chi connectivity index (χ1n) is 7.66. The van der Waals surface area contributed by atoms with E-state index in [1.165, 1.54) is 11.8 Å². The van der Waals surface area contributed by atoms with Gasteiger partial charge < -0.3 is 5.32 Å². The first-order chi connectivity index (χ1) is 12.7. The Morgan fingerprint density at radius 2 is 2.19 bits per heavy atom. The Balaban J connectivity index is 1.69. The third-order valence-electron chi connectivity index (χ3n) is 3.28. The third-order valence-corrected chi connectivity index (χ3v) is 4.71. The monoisotopic (exact) mass is 430 g/mol. The first-order valence-corrected chi connectivity index (χ1v) is 9.44. The van der Waals surface area contributed by atoms with Gasteiger partial charge >= 0.3 is 0 Å². The fourth-order valence-corrected chi connectivity index (χ4v) is 3.14. The van der Waals surface area contributed by atoms with Crippen molar-refractivity contribution in [2.24, 2.45) is 0 Å². The molecule has 3 rings (SSSR count). The van der Waals surface area contributed by atoms with Crippen LogP contribution in [0.5, 0.6) is 0 Å². The molecule has 0 aliphatic heterocycles. The van der Waals surface area contributed by atoms with E-state index in [4.69, 9.17) is 0 Å². The second-order valence-corrected chi connectivity index (χ2v) is 7.00. The van der Waals surface area contributed by atoms with E-state index in [1.807, 2.05) is 22.8 Å². The molecule has 0 spiro atoms. The molecule has 0 atom stereocenters. The molecular weight excluding hydrogens is 416 g/mol. The molecule has 132 valence electrons. The Hall–Kier alpha value is -2.52. The number of pyridine rings is 2. The Morgan fingerprint density at radius 3 is 2.88 bits per heavy atom. The number of nitrogens with zero attached hydrogens (tertiary/aromatic N) is 5. The second-order valence-electron chi connectivity index (χ2n) is 5.15. The quantitative estimate of drug-likeness (QED) is 0.456. The van der Waals surface area contributed by atoms with Gasteiger partial charge in [0.2, 0.25) is 5.91 Å². The molecule has 1 N–H and O–H groups in total. The number of allylic oxidation sites excluding steroid dienone is 1. The number of hydrogen-bond acceptors (Lipinski definition) is 6. The highest BCUT2D eigenvalue weighted by Gasteiger charge is 2.15. The maximum Gasteiger partial charge on any atom is 0.236 e. The van der Waals surface area contributed by atoms with Crippen molar-refractivity contribution in [2.75, 3.05) is 11.1 Å². The molecule has 0 saturated carbocycles. The highest BCUT2D eigenvalue weighted by Crippen LogP contribution is 2.23. The minimum absolute atomic E-state index is 0.166. The van der Waals surface area contributed by atoms with Crippen LogP contribution >= 0.6 is 27.7 Å². The van der Waals surface area contributed by atoms with Crippen molar-refractivity contribution in [2.45, 2.75) is 11.7 Å². The molecule has 0 fully saturated rings. The highest BCUT2D eigenvalue weighted by molar-refractivity contribution is 9.10. The van der Waals surface area contributed by atoms with Gasteiger partial charge in [-0.1, -0.05) is 17.8 Å². The van der Waals surface area contributed by atoms with Crippen molar-refractivity contribution in [1.82, 2.24) is 24.7 Å². The highest BCUT2D eigenvalue weighted by atomic mass is 79.9. The van der Waals surface area contributed by atoms with Gasteiger partial charge in [0.25, 0.3) is 0 Å². The lowest BCUT2D eigenvalue weighted by atomic mass is 10.3. The molecule has 7 nitrogen and oxygen atoms in total. The maximum atomic E-state index is 12.1. The van der Waals surface area contributed by atoms with Crippen LogP contribution in [0.25, 0.3) is 11.4 Å². The molecule has 9 heteroatoms. The Labute approximate surface area is 163 Å². The van der Waals surface area contributed by atoms with Crippen LogP contribution < -0.4 is 5.32 Å². The second kappa shape index (κ2) is 8.72. The summed E-state index contributed by atoms with van der Waals surface area (Å²) in [6.07, 6.45) is 6.82. The van der Waals surface area contributed by atoms with E-state index in [1.54, 1.807) is 30.7 Å². The lowest BCUT2D eigenvalue weighted by Gasteiger charge is -2.08. The molecule has 26 heavy (non-hydrogen) atoms. The molecule has 3 heterocycles. The summed E-state index contributed by atoms with van der Waals surface area (Å²) in [7, 11) is 0. The summed E-state index contributed by atoms with van der Waals surface area (Å²) in [6, 6.07) is 7.30. The van der Waals surface area contributed by atoms with Gasteiger partial charge in [0.1, 0.15) is 5.82 Å². The number of carbonyl (C=O) groups excluding carboxylic acids is 1. The average molecular weight is 431 g/mol. The fraction of sp³-hybridized carbons (Fsp3) is 0.118. The summed E-state index contributed by atoms with van der Waals surface area (Å²) >= 11 is 4.61. The summed E-state index contributed by atoms with van der Waals surface area (Å²) in [5.41, 5.74) is 0.859. The zero-order valence-electron chi connectivity index (χ0n) is 13.7. The molecular formula is C17H15BrN6OS. The van der Waals surface area contributed by atoms with Crippen molar-refractivity contribution >= 4 is 39.4 Å². The molecule has 0 radical (unpaired) electrons. The number of thioether (sulfide) groups is 1. The van der Waals surface area contributed by atoms with Gasteiger partial charge in [0.15, 0.2) is 11.0 Å². The number of amides is 1. The number of halogens is 1. The van der Waals surface area contributed by atoms with Crippen LogP contribution in [0.4, 0.5) is 5.82 Å². The van der Waals surface area contributed by atoms with E-state index in [2.05, 4.69) is 48.0 Å². The number of aromatic nitrogens is 5. The number of nitrogens with one attached hydrogen (secondary N) is 1. The van der Waals surface area contributed by atoms with Crippen LogP contribution in [0.1, 0.15) is 0 Å². The molecule has 1 amide bonds. The predicted molar refractivity (Wildman–Crippen MR) is 105 cm³/mol. The van der Waals surface area contributed by atoms with Crippen LogP contribution in [-0.4, -0.2) is 36.4 Å². The lowest BCUT2D eigenvalue weighted by Crippen LogP contribution is -2.15. The normalized spacial score (nSPS) is 10.5. The summed E-state index contributed by atoms with van der Waals surface area (Å²) in [4.78, 5) is 20.4. The van der Waals surface area contributed by atoms with Crippen LogP contribution in [0.2, 0.25) is 0 Å². The molecule has 0 unspecified atom stereocenters. The molecule has 0 aliphatic carbocycles. The van der Waals surface area contributed by atoms with Crippen LogP contribution in [0, 0.1) is 0 Å². The number of anilines is 1. The standard InChI is InChI=1S/C17H15BrN6OS/c1-2-8-24-16(12-4-3-7-19-9-12)22-23-17(24)26-11-15(25)21-14-6-5-13(18)10-20-14/h2-7,9-10H,1,8,11H2,(H,20,21,25). The van der Waals surface area contributed by atoms with Crippen molar-refractivity contribution in [3.63, 3.8) is 0 Å².